The molecule has 0 amide bonds. The predicted molar refractivity (Wildman–Crippen MR) is 106 cm³/mol. The van der Waals surface area contributed by atoms with Crippen LogP contribution in [0.15, 0.2) is 74.2 Å². The number of benzene rings is 1. The van der Waals surface area contributed by atoms with Gasteiger partial charge in [-0.1, -0.05) is 41.7 Å². The van der Waals surface area contributed by atoms with Gasteiger partial charge in [-0.2, -0.15) is 0 Å². The molecule has 0 bridgehead atoms. The third-order valence-electron chi connectivity index (χ3n) is 4.45. The molecule has 1 unspecified atom stereocenters. The molecule has 0 spiro atoms. The van der Waals surface area contributed by atoms with E-state index in [2.05, 4.69) is 4.99 Å². The second-order valence-electron chi connectivity index (χ2n) is 6.23. The predicted octanol–water partition coefficient (Wildman–Crippen LogP) is 2.39. The molecule has 4 rings (SSSR count). The second kappa shape index (κ2) is 7.44. The Hall–Kier alpha value is -3.19. The molecule has 0 saturated heterocycles. The molecule has 2 aromatic heterocycles. The van der Waals surface area contributed by atoms with Gasteiger partial charge in [0.05, 0.1) is 34.7 Å². The zero-order chi connectivity index (χ0) is 19.7. The number of allylic oxidation sites excluding steroid dienone is 1. The van der Waals surface area contributed by atoms with Crippen LogP contribution in [0.3, 0.4) is 0 Å². The monoisotopic (exact) mass is 394 g/mol. The van der Waals surface area contributed by atoms with Gasteiger partial charge >= 0.3 is 5.97 Å². The Kier molecular flexibility index (Phi) is 4.83. The van der Waals surface area contributed by atoms with Crippen LogP contribution in [0.25, 0.3) is 6.08 Å². The summed E-state index contributed by atoms with van der Waals surface area (Å²) < 4.78 is 12.7. The topological polar surface area (TPSA) is 73.8 Å². The van der Waals surface area contributed by atoms with E-state index >= 15 is 0 Å². The summed E-state index contributed by atoms with van der Waals surface area (Å²) in [4.78, 5) is 31.0. The first-order valence-corrected chi connectivity index (χ1v) is 9.70. The average molecular weight is 394 g/mol. The minimum Gasteiger partial charge on any atom is -0.465 e. The number of aromatic nitrogens is 1. The Morgan fingerprint density at radius 3 is 2.75 bits per heavy atom. The van der Waals surface area contributed by atoms with Crippen LogP contribution < -0.4 is 14.9 Å². The minimum atomic E-state index is -0.588. The quantitative estimate of drug-likeness (QED) is 0.637. The summed E-state index contributed by atoms with van der Waals surface area (Å²) in [5, 5.41) is 0. The standard InChI is InChI=1S/C21H18N2O4S/c1-3-26-20(25)17-13(2)22-21-23(18(17)14-8-5-4-6-9-14)19(24)16(28-21)12-15-10-7-11-27-15/h4-12,18H,3H2,1-2H3/b16-12-. The summed E-state index contributed by atoms with van der Waals surface area (Å²) in [5.41, 5.74) is 1.54. The van der Waals surface area contributed by atoms with Gasteiger partial charge in [0.25, 0.3) is 5.56 Å². The average Bonchev–Trinajstić information content (AvgIpc) is 3.30. The molecular formula is C21H18N2O4S. The van der Waals surface area contributed by atoms with Gasteiger partial charge in [-0.05, 0) is 31.5 Å². The number of thiazole rings is 1. The Balaban J connectivity index is 1.97. The van der Waals surface area contributed by atoms with Crippen molar-refractivity contribution in [2.75, 3.05) is 6.61 Å². The number of nitrogens with zero attached hydrogens (tertiary/aromatic N) is 2. The minimum absolute atomic E-state index is 0.219. The van der Waals surface area contributed by atoms with Crippen LogP contribution >= 0.6 is 11.3 Å². The third kappa shape index (κ3) is 3.14. The van der Waals surface area contributed by atoms with Crippen molar-refractivity contribution >= 4 is 23.4 Å². The number of hydrogen-bond donors (Lipinski definition) is 0. The molecule has 1 aliphatic rings. The van der Waals surface area contributed by atoms with Crippen LogP contribution in [0, 0.1) is 0 Å². The summed E-state index contributed by atoms with van der Waals surface area (Å²) in [6.07, 6.45) is 3.24. The molecule has 0 radical (unpaired) electrons. The molecule has 142 valence electrons. The summed E-state index contributed by atoms with van der Waals surface area (Å²) in [6, 6.07) is 12.4. The number of rotatable bonds is 4. The highest BCUT2D eigenvalue weighted by atomic mass is 32.1. The van der Waals surface area contributed by atoms with Gasteiger partial charge in [0.1, 0.15) is 5.76 Å². The fourth-order valence-corrected chi connectivity index (χ4v) is 4.27. The maximum Gasteiger partial charge on any atom is 0.338 e. The largest absolute Gasteiger partial charge is 0.465 e. The van der Waals surface area contributed by atoms with Gasteiger partial charge in [0.2, 0.25) is 0 Å². The number of carbonyl (C=O) groups excluding carboxylic acids is 1. The van der Waals surface area contributed by atoms with E-state index in [1.807, 2.05) is 30.3 Å². The highest BCUT2D eigenvalue weighted by Gasteiger charge is 2.33. The van der Waals surface area contributed by atoms with Crippen LogP contribution in [0.1, 0.15) is 31.2 Å². The lowest BCUT2D eigenvalue weighted by atomic mass is 9.96. The van der Waals surface area contributed by atoms with E-state index in [1.54, 1.807) is 42.9 Å². The Labute approximate surface area is 164 Å². The van der Waals surface area contributed by atoms with Gasteiger partial charge in [-0.25, -0.2) is 9.79 Å². The van der Waals surface area contributed by atoms with E-state index in [1.165, 1.54) is 11.3 Å². The van der Waals surface area contributed by atoms with Crippen molar-refractivity contribution in [2.24, 2.45) is 4.99 Å². The Morgan fingerprint density at radius 2 is 2.07 bits per heavy atom. The van der Waals surface area contributed by atoms with Crippen molar-refractivity contribution in [3.8, 4) is 0 Å². The maximum absolute atomic E-state index is 13.2. The third-order valence-corrected chi connectivity index (χ3v) is 5.43. The van der Waals surface area contributed by atoms with Crippen LogP contribution in [-0.2, 0) is 9.53 Å². The number of carbonyl (C=O) groups is 1. The normalized spacial score (nSPS) is 16.6. The van der Waals surface area contributed by atoms with E-state index < -0.39 is 12.0 Å². The number of ether oxygens (including phenoxy) is 1. The smallest absolute Gasteiger partial charge is 0.338 e. The van der Waals surface area contributed by atoms with E-state index in [-0.39, 0.29) is 12.2 Å². The van der Waals surface area contributed by atoms with Gasteiger partial charge in [-0.3, -0.25) is 9.36 Å². The lowest BCUT2D eigenvalue weighted by Crippen LogP contribution is -2.39. The van der Waals surface area contributed by atoms with Crippen molar-refractivity contribution in [2.45, 2.75) is 19.9 Å². The molecule has 0 fully saturated rings. The summed E-state index contributed by atoms with van der Waals surface area (Å²) in [7, 11) is 0. The highest BCUT2D eigenvalue weighted by Crippen LogP contribution is 2.30. The van der Waals surface area contributed by atoms with Crippen molar-refractivity contribution in [3.05, 3.63) is 91.0 Å². The van der Waals surface area contributed by atoms with Crippen molar-refractivity contribution < 1.29 is 13.9 Å². The lowest BCUT2D eigenvalue weighted by molar-refractivity contribution is -0.139. The van der Waals surface area contributed by atoms with Gasteiger partial charge < -0.3 is 9.15 Å². The first-order chi connectivity index (χ1) is 13.6. The second-order valence-corrected chi connectivity index (χ2v) is 7.24. The molecular weight excluding hydrogens is 376 g/mol. The van der Waals surface area contributed by atoms with Crippen LogP contribution in [0.4, 0.5) is 0 Å². The molecule has 0 saturated carbocycles. The van der Waals surface area contributed by atoms with E-state index in [0.29, 0.717) is 26.4 Å². The molecule has 0 aliphatic carbocycles. The number of esters is 1. The molecule has 6 nitrogen and oxygen atoms in total. The first-order valence-electron chi connectivity index (χ1n) is 8.88. The van der Waals surface area contributed by atoms with Crippen molar-refractivity contribution in [1.82, 2.24) is 4.57 Å². The fraction of sp³-hybridized carbons (Fsp3) is 0.190. The van der Waals surface area contributed by atoms with E-state index in [9.17, 15) is 9.59 Å². The number of furan rings is 1. The van der Waals surface area contributed by atoms with Crippen LogP contribution in [0.2, 0.25) is 0 Å². The zero-order valence-corrected chi connectivity index (χ0v) is 16.2. The zero-order valence-electron chi connectivity index (χ0n) is 15.4. The van der Waals surface area contributed by atoms with Crippen LogP contribution in [-0.4, -0.2) is 17.1 Å². The molecule has 3 aromatic rings. The van der Waals surface area contributed by atoms with E-state index in [0.717, 1.165) is 5.56 Å². The van der Waals surface area contributed by atoms with Gasteiger partial charge in [0.15, 0.2) is 4.80 Å². The SMILES string of the molecule is CCOC(=O)C1=C(C)N=c2s/c(=C\c3ccco3)c(=O)n2C1c1ccccc1. The van der Waals surface area contributed by atoms with Crippen molar-refractivity contribution in [1.29, 1.82) is 0 Å². The summed E-state index contributed by atoms with van der Waals surface area (Å²) in [5.74, 6) is 0.126. The molecule has 3 heterocycles. The number of fused-ring (bicyclic) bond motifs is 1. The summed E-state index contributed by atoms with van der Waals surface area (Å²) >= 11 is 1.27. The van der Waals surface area contributed by atoms with E-state index in [4.69, 9.17) is 9.15 Å². The summed E-state index contributed by atoms with van der Waals surface area (Å²) in [6.45, 7) is 3.77. The Bertz CT molecular complexity index is 1220. The van der Waals surface area contributed by atoms with Crippen LogP contribution in [0.5, 0.6) is 0 Å². The molecule has 1 atom stereocenters. The highest BCUT2D eigenvalue weighted by molar-refractivity contribution is 7.07. The lowest BCUT2D eigenvalue weighted by Gasteiger charge is -2.24. The Morgan fingerprint density at radius 1 is 1.29 bits per heavy atom. The molecule has 1 aromatic carbocycles. The first kappa shape index (κ1) is 18.2. The fourth-order valence-electron chi connectivity index (χ4n) is 3.24. The molecule has 28 heavy (non-hydrogen) atoms. The molecule has 7 heteroatoms. The molecule has 0 N–H and O–H groups in total. The van der Waals surface area contributed by atoms with Gasteiger partial charge in [0, 0.05) is 6.08 Å². The van der Waals surface area contributed by atoms with Crippen molar-refractivity contribution in [3.63, 3.8) is 0 Å². The van der Waals surface area contributed by atoms with Gasteiger partial charge in [-0.15, -0.1) is 0 Å². The molecule has 1 aliphatic heterocycles. The maximum atomic E-state index is 13.2. The number of hydrogen-bond acceptors (Lipinski definition) is 6.